The van der Waals surface area contributed by atoms with Crippen LogP contribution in [-0.2, 0) is 4.74 Å². The Morgan fingerprint density at radius 2 is 2.00 bits per heavy atom. The van der Waals surface area contributed by atoms with E-state index in [0.29, 0.717) is 0 Å². The van der Waals surface area contributed by atoms with Crippen LogP contribution in [0.1, 0.15) is 10.4 Å². The molecule has 2 aromatic rings. The third-order valence-corrected chi connectivity index (χ3v) is 2.49. The molecule has 0 saturated heterocycles. The number of halogens is 3. The van der Waals surface area contributed by atoms with Crippen molar-refractivity contribution in [3.05, 3.63) is 40.2 Å². The predicted molar refractivity (Wildman–Crippen MR) is 62.6 cm³/mol. The first-order chi connectivity index (χ1) is 9.31. The Hall–Kier alpha value is -2.51. The van der Waals surface area contributed by atoms with Gasteiger partial charge in [-0.25, -0.2) is 4.79 Å². The number of carbonyl (C=O) groups excluding carboxylic acids is 1. The first-order valence-corrected chi connectivity index (χ1v) is 5.31. The molecule has 5 nitrogen and oxygen atoms in total. The molecule has 0 spiro atoms. The van der Waals surface area contributed by atoms with E-state index in [4.69, 9.17) is 0 Å². The molecule has 0 radical (unpaired) electrons. The molecule has 8 heteroatoms. The molecule has 0 unspecified atom stereocenters. The number of hydrogen-bond donors (Lipinski definition) is 1. The van der Waals surface area contributed by atoms with Gasteiger partial charge in [0.15, 0.2) is 0 Å². The lowest BCUT2D eigenvalue weighted by Gasteiger charge is -2.09. The maximum atomic E-state index is 12.1. The van der Waals surface area contributed by atoms with Gasteiger partial charge in [0.05, 0.1) is 12.5 Å². The summed E-state index contributed by atoms with van der Waals surface area (Å²) in [6, 6.07) is 3.22. The minimum Gasteiger partial charge on any atom is -0.465 e. The summed E-state index contributed by atoms with van der Waals surface area (Å²) in [4.78, 5) is 26.0. The van der Waals surface area contributed by atoms with Crippen LogP contribution in [0.2, 0.25) is 0 Å². The highest BCUT2D eigenvalue weighted by molar-refractivity contribution is 5.93. The largest absolute Gasteiger partial charge is 0.573 e. The smallest absolute Gasteiger partial charge is 0.465 e. The number of nitrogens with one attached hydrogen (secondary N) is 1. The van der Waals surface area contributed by atoms with E-state index >= 15 is 0 Å². The number of fused-ring (bicyclic) bond motifs is 1. The molecule has 0 aliphatic rings. The molecule has 2 rings (SSSR count). The van der Waals surface area contributed by atoms with Crippen molar-refractivity contribution in [1.29, 1.82) is 0 Å². The molecule has 0 aliphatic heterocycles. The first kappa shape index (κ1) is 13.9. The van der Waals surface area contributed by atoms with Gasteiger partial charge in [0.2, 0.25) is 5.43 Å². The summed E-state index contributed by atoms with van der Waals surface area (Å²) >= 11 is 0. The fraction of sp³-hybridized carbons (Fsp3) is 0.167. The lowest BCUT2D eigenvalue weighted by Crippen LogP contribution is -2.19. The fourth-order valence-electron chi connectivity index (χ4n) is 1.66. The second-order valence-corrected chi connectivity index (χ2v) is 3.78. The zero-order valence-corrected chi connectivity index (χ0v) is 10.1. The van der Waals surface area contributed by atoms with Crippen molar-refractivity contribution in [2.45, 2.75) is 6.36 Å². The number of H-pyrrole nitrogens is 1. The molecule has 0 fully saturated rings. The number of rotatable bonds is 2. The Bertz CT molecular complexity index is 721. The molecule has 0 bridgehead atoms. The van der Waals surface area contributed by atoms with E-state index < -0.39 is 23.5 Å². The van der Waals surface area contributed by atoms with Crippen molar-refractivity contribution in [1.82, 2.24) is 4.98 Å². The van der Waals surface area contributed by atoms with E-state index in [1.165, 1.54) is 6.07 Å². The lowest BCUT2D eigenvalue weighted by atomic mass is 10.1. The summed E-state index contributed by atoms with van der Waals surface area (Å²) in [5.41, 5.74) is -0.764. The number of esters is 1. The molecule has 0 amide bonds. The van der Waals surface area contributed by atoms with Gasteiger partial charge in [-0.05, 0) is 18.2 Å². The Balaban J connectivity index is 2.58. The van der Waals surface area contributed by atoms with Gasteiger partial charge in [-0.3, -0.25) is 4.79 Å². The highest BCUT2D eigenvalue weighted by Gasteiger charge is 2.31. The quantitative estimate of drug-likeness (QED) is 0.860. The second kappa shape index (κ2) is 4.87. The number of pyridine rings is 1. The first-order valence-electron chi connectivity index (χ1n) is 5.31. The van der Waals surface area contributed by atoms with Gasteiger partial charge in [-0.2, -0.15) is 0 Å². The highest BCUT2D eigenvalue weighted by Crippen LogP contribution is 2.24. The Morgan fingerprint density at radius 1 is 1.30 bits per heavy atom. The van der Waals surface area contributed by atoms with Gasteiger partial charge in [0.25, 0.3) is 0 Å². The normalized spacial score (nSPS) is 11.4. The fourth-order valence-corrected chi connectivity index (χ4v) is 1.66. The third kappa shape index (κ3) is 2.73. The van der Waals surface area contributed by atoms with E-state index in [2.05, 4.69) is 14.5 Å². The van der Waals surface area contributed by atoms with E-state index in [-0.39, 0.29) is 16.5 Å². The molecule has 0 atom stereocenters. The molecule has 106 valence electrons. The van der Waals surface area contributed by atoms with Gasteiger partial charge in [0.1, 0.15) is 11.3 Å². The maximum absolute atomic E-state index is 12.1. The average Bonchev–Trinajstić information content (AvgIpc) is 2.37. The molecule has 0 aliphatic carbocycles. The molecule has 1 N–H and O–H groups in total. The highest BCUT2D eigenvalue weighted by atomic mass is 19.4. The number of methoxy groups -OCH3 is 1. The van der Waals surface area contributed by atoms with Gasteiger partial charge in [-0.1, -0.05) is 0 Å². The summed E-state index contributed by atoms with van der Waals surface area (Å²) in [6.07, 6.45) is -3.72. The van der Waals surface area contributed by atoms with E-state index in [9.17, 15) is 22.8 Å². The van der Waals surface area contributed by atoms with Crippen molar-refractivity contribution < 1.29 is 27.4 Å². The average molecular weight is 287 g/mol. The van der Waals surface area contributed by atoms with Crippen molar-refractivity contribution in [3.63, 3.8) is 0 Å². The summed E-state index contributed by atoms with van der Waals surface area (Å²) < 4.78 is 44.5. The number of alkyl halides is 3. The SMILES string of the molecule is COC(=O)c1c[nH]c2ccc(OC(F)(F)F)cc2c1=O. The number of aromatic nitrogens is 1. The molecule has 1 heterocycles. The van der Waals surface area contributed by atoms with E-state index in [1.807, 2.05) is 0 Å². The summed E-state index contributed by atoms with van der Waals surface area (Å²) in [6.45, 7) is 0. The van der Waals surface area contributed by atoms with Gasteiger partial charge in [0, 0.05) is 11.7 Å². The van der Waals surface area contributed by atoms with Crippen LogP contribution in [-0.4, -0.2) is 24.4 Å². The third-order valence-electron chi connectivity index (χ3n) is 2.49. The number of hydrogen-bond acceptors (Lipinski definition) is 4. The zero-order chi connectivity index (χ0) is 14.9. The predicted octanol–water partition coefficient (Wildman–Crippen LogP) is 2.21. The molecule has 1 aromatic carbocycles. The van der Waals surface area contributed by atoms with Gasteiger partial charge < -0.3 is 14.5 Å². The van der Waals surface area contributed by atoms with Crippen LogP contribution in [0.4, 0.5) is 13.2 Å². The van der Waals surface area contributed by atoms with Crippen molar-refractivity contribution in [3.8, 4) is 5.75 Å². The number of ether oxygens (including phenoxy) is 2. The van der Waals surface area contributed by atoms with Gasteiger partial charge >= 0.3 is 12.3 Å². The number of aromatic amines is 1. The number of benzene rings is 1. The minimum absolute atomic E-state index is 0.102. The van der Waals surface area contributed by atoms with Crippen LogP contribution < -0.4 is 10.2 Å². The molecule has 20 heavy (non-hydrogen) atoms. The van der Waals surface area contributed by atoms with Crippen LogP contribution in [0, 0.1) is 0 Å². The number of carbonyl (C=O) groups is 1. The second-order valence-electron chi connectivity index (χ2n) is 3.78. The maximum Gasteiger partial charge on any atom is 0.573 e. The Kier molecular flexibility index (Phi) is 3.39. The topological polar surface area (TPSA) is 68.4 Å². The zero-order valence-electron chi connectivity index (χ0n) is 10.1. The van der Waals surface area contributed by atoms with Crippen LogP contribution in [0.15, 0.2) is 29.2 Å². The minimum atomic E-state index is -4.86. The van der Waals surface area contributed by atoms with E-state index in [0.717, 1.165) is 25.4 Å². The molecular formula is C12H8F3NO4. The Morgan fingerprint density at radius 3 is 2.60 bits per heavy atom. The molecule has 0 saturated carbocycles. The molecule has 1 aromatic heterocycles. The Labute approximate surface area is 109 Å². The monoisotopic (exact) mass is 287 g/mol. The van der Waals surface area contributed by atoms with Crippen molar-refractivity contribution in [2.75, 3.05) is 7.11 Å². The van der Waals surface area contributed by atoms with Crippen LogP contribution >= 0.6 is 0 Å². The standard InChI is InChI=1S/C12H8F3NO4/c1-19-11(18)8-5-16-9-3-2-6(20-12(13,14)15)4-7(9)10(8)17/h2-5H,1H3,(H,16,17). The van der Waals surface area contributed by atoms with E-state index in [1.54, 1.807) is 0 Å². The van der Waals surface area contributed by atoms with Crippen LogP contribution in [0.25, 0.3) is 10.9 Å². The summed E-state index contributed by atoms with van der Waals surface area (Å²) in [5, 5.41) is -0.102. The summed E-state index contributed by atoms with van der Waals surface area (Å²) in [7, 11) is 1.09. The van der Waals surface area contributed by atoms with Crippen molar-refractivity contribution in [2.24, 2.45) is 0 Å². The van der Waals surface area contributed by atoms with Gasteiger partial charge in [-0.15, -0.1) is 13.2 Å². The molecular weight excluding hydrogens is 279 g/mol. The van der Waals surface area contributed by atoms with Crippen molar-refractivity contribution >= 4 is 16.9 Å². The lowest BCUT2D eigenvalue weighted by molar-refractivity contribution is -0.274. The summed E-state index contributed by atoms with van der Waals surface area (Å²) in [5.74, 6) is -1.42. The van der Waals surface area contributed by atoms with Crippen LogP contribution in [0.5, 0.6) is 5.75 Å². The van der Waals surface area contributed by atoms with Crippen LogP contribution in [0.3, 0.4) is 0 Å².